The van der Waals surface area contributed by atoms with Crippen molar-refractivity contribution < 1.29 is 4.39 Å². The van der Waals surface area contributed by atoms with Crippen LogP contribution in [0.25, 0.3) is 0 Å². The van der Waals surface area contributed by atoms with Gasteiger partial charge in [0.05, 0.1) is 0 Å². The molecule has 2 unspecified atom stereocenters. The number of likely N-dealkylation sites (tertiary alicyclic amines) is 1. The van der Waals surface area contributed by atoms with E-state index in [1.807, 2.05) is 6.07 Å². The molecule has 0 radical (unpaired) electrons. The summed E-state index contributed by atoms with van der Waals surface area (Å²) in [7, 11) is 0. The molecule has 1 aromatic carbocycles. The first-order chi connectivity index (χ1) is 8.65. The molecule has 2 rings (SSSR count). The van der Waals surface area contributed by atoms with E-state index in [4.69, 9.17) is 5.73 Å². The fourth-order valence-electron chi connectivity index (χ4n) is 2.92. The van der Waals surface area contributed by atoms with E-state index < -0.39 is 0 Å². The second-order valence-electron chi connectivity index (χ2n) is 5.35. The van der Waals surface area contributed by atoms with Gasteiger partial charge >= 0.3 is 0 Å². The molecular weight excluding hydrogens is 227 g/mol. The van der Waals surface area contributed by atoms with Gasteiger partial charge in [-0.05, 0) is 43.9 Å². The van der Waals surface area contributed by atoms with Crippen molar-refractivity contribution in [3.8, 4) is 0 Å². The summed E-state index contributed by atoms with van der Waals surface area (Å²) >= 11 is 0. The lowest BCUT2D eigenvalue weighted by Gasteiger charge is -2.22. The Hall–Kier alpha value is -0.930. The van der Waals surface area contributed by atoms with E-state index in [9.17, 15) is 4.39 Å². The Morgan fingerprint density at radius 3 is 2.83 bits per heavy atom. The lowest BCUT2D eigenvalue weighted by atomic mass is 10.0. The van der Waals surface area contributed by atoms with E-state index in [1.165, 1.54) is 0 Å². The quantitative estimate of drug-likeness (QED) is 0.890. The molecule has 2 nitrogen and oxygen atoms in total. The number of hydrogen-bond donors (Lipinski definition) is 1. The number of nitrogens with zero attached hydrogens (tertiary/aromatic N) is 1. The third-order valence-electron chi connectivity index (χ3n) is 4.08. The van der Waals surface area contributed by atoms with Gasteiger partial charge in [0, 0.05) is 24.7 Å². The smallest absolute Gasteiger partial charge is 0.127 e. The van der Waals surface area contributed by atoms with Crippen LogP contribution in [0.3, 0.4) is 0 Å². The van der Waals surface area contributed by atoms with Gasteiger partial charge in [0.25, 0.3) is 0 Å². The van der Waals surface area contributed by atoms with Crippen LogP contribution in [-0.4, -0.2) is 24.0 Å². The molecule has 2 atom stereocenters. The van der Waals surface area contributed by atoms with Gasteiger partial charge in [0.15, 0.2) is 0 Å². The van der Waals surface area contributed by atoms with Crippen molar-refractivity contribution in [3.05, 3.63) is 35.1 Å². The van der Waals surface area contributed by atoms with Crippen LogP contribution >= 0.6 is 0 Å². The second kappa shape index (κ2) is 5.81. The Bertz CT molecular complexity index is 405. The van der Waals surface area contributed by atoms with Crippen LogP contribution in [-0.2, 0) is 13.0 Å². The highest BCUT2D eigenvalue weighted by atomic mass is 19.1. The predicted octanol–water partition coefficient (Wildman–Crippen LogP) is 2.56. The average molecular weight is 250 g/mol. The number of hydrogen-bond acceptors (Lipinski definition) is 2. The predicted molar refractivity (Wildman–Crippen MR) is 72.8 cm³/mol. The third kappa shape index (κ3) is 2.73. The van der Waals surface area contributed by atoms with E-state index in [0.29, 0.717) is 18.5 Å². The van der Waals surface area contributed by atoms with E-state index >= 15 is 0 Å². The Morgan fingerprint density at radius 1 is 1.44 bits per heavy atom. The van der Waals surface area contributed by atoms with Crippen LogP contribution in [0.4, 0.5) is 4.39 Å². The molecule has 3 heteroatoms. The minimum absolute atomic E-state index is 0.0715. The Balaban J connectivity index is 2.14. The van der Waals surface area contributed by atoms with Gasteiger partial charge in [-0.15, -0.1) is 0 Å². The van der Waals surface area contributed by atoms with Crippen molar-refractivity contribution in [1.29, 1.82) is 0 Å². The van der Waals surface area contributed by atoms with Gasteiger partial charge in [-0.2, -0.15) is 0 Å². The summed E-state index contributed by atoms with van der Waals surface area (Å²) < 4.78 is 13.9. The third-order valence-corrected chi connectivity index (χ3v) is 4.08. The van der Waals surface area contributed by atoms with Crippen molar-refractivity contribution in [2.45, 2.75) is 39.3 Å². The zero-order valence-electron chi connectivity index (χ0n) is 11.3. The van der Waals surface area contributed by atoms with Crippen molar-refractivity contribution in [2.24, 2.45) is 11.7 Å². The van der Waals surface area contributed by atoms with E-state index in [0.717, 1.165) is 37.1 Å². The molecule has 1 aromatic rings. The zero-order chi connectivity index (χ0) is 13.1. The Morgan fingerprint density at radius 2 is 2.22 bits per heavy atom. The van der Waals surface area contributed by atoms with E-state index in [2.05, 4.69) is 18.7 Å². The van der Waals surface area contributed by atoms with Gasteiger partial charge in [-0.1, -0.05) is 19.1 Å². The molecule has 0 bridgehead atoms. The first kappa shape index (κ1) is 13.5. The maximum absolute atomic E-state index is 13.9. The summed E-state index contributed by atoms with van der Waals surface area (Å²) in [6, 6.07) is 5.89. The maximum Gasteiger partial charge on any atom is 0.127 e. The number of halogens is 1. The molecule has 18 heavy (non-hydrogen) atoms. The summed E-state index contributed by atoms with van der Waals surface area (Å²) in [5, 5.41) is 0. The second-order valence-corrected chi connectivity index (χ2v) is 5.35. The molecule has 1 aliphatic heterocycles. The summed E-state index contributed by atoms with van der Waals surface area (Å²) in [6.07, 6.45) is 2.02. The van der Waals surface area contributed by atoms with Crippen LogP contribution in [0.1, 0.15) is 31.4 Å². The average Bonchev–Trinajstić information content (AvgIpc) is 2.73. The first-order valence-electron chi connectivity index (χ1n) is 6.86. The molecule has 0 saturated carbocycles. The normalized spacial score (nSPS) is 24.7. The van der Waals surface area contributed by atoms with Gasteiger partial charge in [-0.3, -0.25) is 4.90 Å². The number of rotatable bonds is 4. The summed E-state index contributed by atoms with van der Waals surface area (Å²) in [5.74, 6) is 0.495. The monoisotopic (exact) mass is 250 g/mol. The lowest BCUT2D eigenvalue weighted by Crippen LogP contribution is -2.28. The molecule has 100 valence electrons. The minimum atomic E-state index is -0.0715. The Kier molecular flexibility index (Phi) is 4.36. The first-order valence-corrected chi connectivity index (χ1v) is 6.86. The summed E-state index contributed by atoms with van der Waals surface area (Å²) in [5.41, 5.74) is 7.73. The van der Waals surface area contributed by atoms with Crippen LogP contribution in [0.2, 0.25) is 0 Å². The zero-order valence-corrected chi connectivity index (χ0v) is 11.3. The highest BCUT2D eigenvalue weighted by Crippen LogP contribution is 2.26. The molecule has 0 aliphatic carbocycles. The fourth-order valence-corrected chi connectivity index (χ4v) is 2.92. The minimum Gasteiger partial charge on any atom is -0.330 e. The highest BCUT2D eigenvalue weighted by molar-refractivity contribution is 5.28. The van der Waals surface area contributed by atoms with Crippen LogP contribution in [0.15, 0.2) is 18.2 Å². The number of nitrogens with two attached hydrogens (primary N) is 1. The van der Waals surface area contributed by atoms with Gasteiger partial charge in [0.1, 0.15) is 5.82 Å². The van der Waals surface area contributed by atoms with Crippen molar-refractivity contribution >= 4 is 0 Å². The van der Waals surface area contributed by atoms with E-state index in [1.54, 1.807) is 12.1 Å². The molecule has 1 fully saturated rings. The van der Waals surface area contributed by atoms with Crippen LogP contribution in [0, 0.1) is 11.7 Å². The molecule has 2 N–H and O–H groups in total. The Labute approximate surface area is 109 Å². The largest absolute Gasteiger partial charge is 0.330 e. The molecule has 0 aromatic heterocycles. The maximum atomic E-state index is 13.9. The molecular formula is C15H23FN2. The van der Waals surface area contributed by atoms with Crippen LogP contribution < -0.4 is 5.73 Å². The standard InChI is InChI=1S/C15H23FN2/c1-3-13-5-4-6-15(16)14(13)10-18-9-12(8-17)7-11(18)2/h4-6,11-12H,3,7-10,17H2,1-2H3. The van der Waals surface area contributed by atoms with Crippen molar-refractivity contribution in [2.75, 3.05) is 13.1 Å². The fraction of sp³-hybridized carbons (Fsp3) is 0.600. The number of benzene rings is 1. The van der Waals surface area contributed by atoms with Gasteiger partial charge in [-0.25, -0.2) is 4.39 Å². The highest BCUT2D eigenvalue weighted by Gasteiger charge is 2.28. The van der Waals surface area contributed by atoms with Crippen molar-refractivity contribution in [3.63, 3.8) is 0 Å². The molecule has 0 spiro atoms. The SMILES string of the molecule is CCc1cccc(F)c1CN1CC(CN)CC1C. The van der Waals surface area contributed by atoms with Gasteiger partial charge in [0.2, 0.25) is 0 Å². The number of aryl methyl sites for hydroxylation is 1. The molecule has 1 saturated heterocycles. The summed E-state index contributed by atoms with van der Waals surface area (Å²) in [6.45, 7) is 6.73. The van der Waals surface area contributed by atoms with Gasteiger partial charge < -0.3 is 5.73 Å². The molecule has 1 aliphatic rings. The molecule has 1 heterocycles. The summed E-state index contributed by atoms with van der Waals surface area (Å²) in [4.78, 5) is 2.36. The van der Waals surface area contributed by atoms with Crippen LogP contribution in [0.5, 0.6) is 0 Å². The lowest BCUT2D eigenvalue weighted by molar-refractivity contribution is 0.251. The topological polar surface area (TPSA) is 29.3 Å². The van der Waals surface area contributed by atoms with E-state index in [-0.39, 0.29) is 5.82 Å². The molecule has 0 amide bonds. The van der Waals surface area contributed by atoms with Crippen molar-refractivity contribution in [1.82, 2.24) is 4.90 Å².